The lowest BCUT2D eigenvalue weighted by Gasteiger charge is -2.24. The summed E-state index contributed by atoms with van der Waals surface area (Å²) in [6.07, 6.45) is 14.2. The van der Waals surface area contributed by atoms with Crippen molar-refractivity contribution in [3.63, 3.8) is 0 Å². The third-order valence-electron chi connectivity index (χ3n) is 4.37. The first-order valence-electron chi connectivity index (χ1n) is 8.92. The van der Waals surface area contributed by atoms with Gasteiger partial charge < -0.3 is 5.32 Å². The minimum atomic E-state index is 0.667. The molecule has 0 bridgehead atoms. The number of nitrogens with zero attached hydrogens (tertiary/aromatic N) is 1. The van der Waals surface area contributed by atoms with Gasteiger partial charge in [-0.2, -0.15) is 0 Å². The Hall–Kier alpha value is -0.890. The Morgan fingerprint density at radius 1 is 1.05 bits per heavy atom. The van der Waals surface area contributed by atoms with Crippen LogP contribution in [0.1, 0.15) is 71.3 Å². The molecule has 0 radical (unpaired) electrons. The van der Waals surface area contributed by atoms with E-state index in [-0.39, 0.29) is 0 Å². The largest absolute Gasteiger partial charge is 0.314 e. The SMILES string of the molecule is CCCCC(CC)CC(CCc1ccncc1)NCCC. The number of aromatic nitrogens is 1. The highest BCUT2D eigenvalue weighted by atomic mass is 14.9. The molecule has 2 unspecified atom stereocenters. The van der Waals surface area contributed by atoms with Crippen LogP contribution in [-0.4, -0.2) is 17.6 Å². The molecule has 21 heavy (non-hydrogen) atoms. The second kappa shape index (κ2) is 11.7. The molecule has 0 aliphatic rings. The number of hydrogen-bond acceptors (Lipinski definition) is 2. The fourth-order valence-electron chi connectivity index (χ4n) is 2.93. The molecule has 0 spiro atoms. The lowest BCUT2D eigenvalue weighted by molar-refractivity contribution is 0.337. The molecule has 1 aromatic rings. The maximum atomic E-state index is 4.10. The number of pyridine rings is 1. The Kier molecular flexibility index (Phi) is 10.1. The second-order valence-electron chi connectivity index (χ2n) is 6.20. The van der Waals surface area contributed by atoms with Crippen LogP contribution in [0.2, 0.25) is 0 Å². The van der Waals surface area contributed by atoms with E-state index in [0.717, 1.165) is 18.9 Å². The molecule has 2 heteroatoms. The van der Waals surface area contributed by atoms with Crippen LogP contribution in [0.5, 0.6) is 0 Å². The highest BCUT2D eigenvalue weighted by Gasteiger charge is 2.14. The van der Waals surface area contributed by atoms with Gasteiger partial charge in [0.2, 0.25) is 0 Å². The van der Waals surface area contributed by atoms with E-state index in [0.29, 0.717) is 6.04 Å². The summed E-state index contributed by atoms with van der Waals surface area (Å²) < 4.78 is 0. The third-order valence-corrected chi connectivity index (χ3v) is 4.37. The topological polar surface area (TPSA) is 24.9 Å². The molecule has 1 rings (SSSR count). The molecule has 0 aromatic carbocycles. The van der Waals surface area contributed by atoms with E-state index in [1.807, 2.05) is 12.4 Å². The monoisotopic (exact) mass is 290 g/mol. The van der Waals surface area contributed by atoms with Gasteiger partial charge in [-0.25, -0.2) is 0 Å². The minimum Gasteiger partial charge on any atom is -0.314 e. The van der Waals surface area contributed by atoms with E-state index in [9.17, 15) is 0 Å². The van der Waals surface area contributed by atoms with Crippen LogP contribution in [0, 0.1) is 5.92 Å². The quantitative estimate of drug-likeness (QED) is 0.586. The molecule has 2 nitrogen and oxygen atoms in total. The predicted octanol–water partition coefficient (Wildman–Crippen LogP) is 4.99. The molecular weight excluding hydrogens is 256 g/mol. The molecule has 1 aromatic heterocycles. The lowest BCUT2D eigenvalue weighted by Crippen LogP contribution is -2.32. The Morgan fingerprint density at radius 2 is 1.81 bits per heavy atom. The van der Waals surface area contributed by atoms with Gasteiger partial charge in [0.1, 0.15) is 0 Å². The Labute approximate surface area is 131 Å². The summed E-state index contributed by atoms with van der Waals surface area (Å²) in [7, 11) is 0. The van der Waals surface area contributed by atoms with Crippen molar-refractivity contribution in [2.24, 2.45) is 5.92 Å². The van der Waals surface area contributed by atoms with Crippen LogP contribution < -0.4 is 5.32 Å². The van der Waals surface area contributed by atoms with Crippen molar-refractivity contribution >= 4 is 0 Å². The van der Waals surface area contributed by atoms with Gasteiger partial charge in [0.05, 0.1) is 0 Å². The number of hydrogen-bond donors (Lipinski definition) is 1. The first-order chi connectivity index (χ1) is 10.3. The minimum absolute atomic E-state index is 0.667. The first-order valence-corrected chi connectivity index (χ1v) is 8.92. The fraction of sp³-hybridized carbons (Fsp3) is 0.737. The summed E-state index contributed by atoms with van der Waals surface area (Å²) >= 11 is 0. The van der Waals surface area contributed by atoms with E-state index in [1.165, 1.54) is 50.5 Å². The summed E-state index contributed by atoms with van der Waals surface area (Å²) in [5, 5.41) is 3.77. The van der Waals surface area contributed by atoms with Crippen LogP contribution in [0.4, 0.5) is 0 Å². The summed E-state index contributed by atoms with van der Waals surface area (Å²) in [6.45, 7) is 8.04. The number of rotatable bonds is 12. The zero-order chi connectivity index (χ0) is 15.3. The number of nitrogens with one attached hydrogen (secondary N) is 1. The van der Waals surface area contributed by atoms with Crippen LogP contribution in [0.15, 0.2) is 24.5 Å². The smallest absolute Gasteiger partial charge is 0.0270 e. The average molecular weight is 290 g/mol. The predicted molar refractivity (Wildman–Crippen MR) is 92.6 cm³/mol. The third kappa shape index (κ3) is 8.21. The average Bonchev–Trinajstić information content (AvgIpc) is 2.54. The Bertz CT molecular complexity index is 337. The van der Waals surface area contributed by atoms with E-state index in [4.69, 9.17) is 0 Å². The summed E-state index contributed by atoms with van der Waals surface area (Å²) in [4.78, 5) is 4.10. The summed E-state index contributed by atoms with van der Waals surface area (Å²) in [5.41, 5.74) is 1.41. The first kappa shape index (κ1) is 18.2. The van der Waals surface area contributed by atoms with Crippen molar-refractivity contribution in [1.29, 1.82) is 0 Å². The molecule has 0 saturated heterocycles. The summed E-state index contributed by atoms with van der Waals surface area (Å²) in [6, 6.07) is 4.95. The van der Waals surface area contributed by atoms with E-state index >= 15 is 0 Å². The second-order valence-corrected chi connectivity index (χ2v) is 6.20. The molecule has 120 valence electrons. The van der Waals surface area contributed by atoms with Gasteiger partial charge >= 0.3 is 0 Å². The van der Waals surface area contributed by atoms with E-state index in [1.54, 1.807) is 0 Å². The zero-order valence-electron chi connectivity index (χ0n) is 14.3. The molecule has 1 heterocycles. The molecular formula is C19H34N2. The van der Waals surface area contributed by atoms with Gasteiger partial charge in [-0.05, 0) is 55.8 Å². The normalized spacial score (nSPS) is 14.0. The van der Waals surface area contributed by atoms with Crippen molar-refractivity contribution < 1.29 is 0 Å². The zero-order valence-corrected chi connectivity index (χ0v) is 14.3. The van der Waals surface area contributed by atoms with Gasteiger partial charge in [-0.15, -0.1) is 0 Å². The van der Waals surface area contributed by atoms with Gasteiger partial charge in [0.25, 0.3) is 0 Å². The van der Waals surface area contributed by atoms with Crippen molar-refractivity contribution in [1.82, 2.24) is 10.3 Å². The lowest BCUT2D eigenvalue weighted by atomic mass is 9.89. The highest BCUT2D eigenvalue weighted by Crippen LogP contribution is 2.20. The van der Waals surface area contributed by atoms with Crippen LogP contribution in [0.25, 0.3) is 0 Å². The Morgan fingerprint density at radius 3 is 2.43 bits per heavy atom. The van der Waals surface area contributed by atoms with Crippen LogP contribution in [-0.2, 0) is 6.42 Å². The standard InChI is InChI=1S/C19H34N2/c1-4-7-8-17(6-3)16-19(21-13-5-2)10-9-18-11-14-20-15-12-18/h11-12,14-15,17,19,21H,4-10,13,16H2,1-3H3. The van der Waals surface area contributed by atoms with Crippen LogP contribution >= 0.6 is 0 Å². The highest BCUT2D eigenvalue weighted by molar-refractivity contribution is 5.09. The molecule has 0 fully saturated rings. The fourth-order valence-corrected chi connectivity index (χ4v) is 2.93. The van der Waals surface area contributed by atoms with Crippen LogP contribution in [0.3, 0.4) is 0 Å². The number of unbranched alkanes of at least 4 members (excludes halogenated alkanes) is 1. The van der Waals surface area contributed by atoms with E-state index < -0.39 is 0 Å². The molecule has 0 aliphatic carbocycles. The van der Waals surface area contributed by atoms with E-state index in [2.05, 4.69) is 43.2 Å². The van der Waals surface area contributed by atoms with Crippen molar-refractivity contribution in [3.05, 3.63) is 30.1 Å². The molecule has 0 amide bonds. The molecule has 0 saturated carbocycles. The van der Waals surface area contributed by atoms with Gasteiger partial charge in [0, 0.05) is 18.4 Å². The summed E-state index contributed by atoms with van der Waals surface area (Å²) in [5.74, 6) is 0.886. The van der Waals surface area contributed by atoms with Crippen molar-refractivity contribution in [3.8, 4) is 0 Å². The van der Waals surface area contributed by atoms with Gasteiger partial charge in [0.15, 0.2) is 0 Å². The number of aryl methyl sites for hydroxylation is 1. The molecule has 0 aliphatic heterocycles. The Balaban J connectivity index is 2.45. The maximum absolute atomic E-state index is 4.10. The van der Waals surface area contributed by atoms with Crippen molar-refractivity contribution in [2.45, 2.75) is 78.2 Å². The van der Waals surface area contributed by atoms with Gasteiger partial charge in [-0.1, -0.05) is 46.5 Å². The maximum Gasteiger partial charge on any atom is 0.0270 e. The van der Waals surface area contributed by atoms with Gasteiger partial charge in [-0.3, -0.25) is 4.98 Å². The molecule has 1 N–H and O–H groups in total. The molecule has 2 atom stereocenters. The van der Waals surface area contributed by atoms with Crippen molar-refractivity contribution in [2.75, 3.05) is 6.54 Å².